The van der Waals surface area contributed by atoms with Crippen LogP contribution in [0.5, 0.6) is 0 Å². The molecular weight excluding hydrogens is 492 g/mol. The summed E-state index contributed by atoms with van der Waals surface area (Å²) in [5.74, 6) is -0.468. The number of rotatable bonds is 6. The van der Waals surface area contributed by atoms with E-state index in [1.54, 1.807) is 48.9 Å². The van der Waals surface area contributed by atoms with E-state index in [0.29, 0.717) is 27.2 Å². The Morgan fingerprint density at radius 1 is 1.06 bits per heavy atom. The third-order valence-electron chi connectivity index (χ3n) is 5.17. The molecule has 1 aromatic heterocycles. The lowest BCUT2D eigenvalue weighted by Crippen LogP contribution is -2.44. The number of urea groups is 1. The number of aromatic nitrogens is 2. The monoisotopic (exact) mass is 519 g/mol. The number of benzene rings is 2. The van der Waals surface area contributed by atoms with Crippen LogP contribution in [0.4, 0.5) is 20.7 Å². The summed E-state index contributed by atoms with van der Waals surface area (Å²) in [7, 11) is 0. The van der Waals surface area contributed by atoms with Crippen molar-refractivity contribution in [2.75, 3.05) is 17.2 Å². The third kappa shape index (κ3) is 6.74. The molecule has 0 unspecified atom stereocenters. The smallest absolute Gasteiger partial charge is 0.313 e. The van der Waals surface area contributed by atoms with Crippen LogP contribution in [-0.2, 0) is 10.2 Å². The SMILES string of the molecule is CC(C)N(CC(=O)Nc1cc(C(C)(C)C)nn1-c1ccc(Cl)c(Cl)c1)C(=O)Nc1cccc(F)c1. The number of nitrogens with one attached hydrogen (secondary N) is 2. The van der Waals surface area contributed by atoms with Gasteiger partial charge in [0, 0.05) is 23.2 Å². The molecule has 0 spiro atoms. The van der Waals surface area contributed by atoms with E-state index in [1.807, 2.05) is 20.8 Å². The quantitative estimate of drug-likeness (QED) is 0.390. The van der Waals surface area contributed by atoms with Crippen molar-refractivity contribution in [1.82, 2.24) is 14.7 Å². The first kappa shape index (κ1) is 26.5. The fourth-order valence-electron chi connectivity index (χ4n) is 3.24. The number of amides is 3. The van der Waals surface area contributed by atoms with Crippen molar-refractivity contribution in [3.05, 3.63) is 70.1 Å². The maximum atomic E-state index is 13.5. The summed E-state index contributed by atoms with van der Waals surface area (Å²) in [5, 5.41) is 10.9. The Kier molecular flexibility index (Phi) is 8.07. The molecule has 0 bridgehead atoms. The van der Waals surface area contributed by atoms with E-state index < -0.39 is 17.8 Å². The van der Waals surface area contributed by atoms with E-state index in [4.69, 9.17) is 23.2 Å². The minimum Gasteiger partial charge on any atom is -0.313 e. The normalized spacial score (nSPS) is 11.5. The highest BCUT2D eigenvalue weighted by Crippen LogP contribution is 2.29. The van der Waals surface area contributed by atoms with Crippen LogP contribution in [0.1, 0.15) is 40.3 Å². The van der Waals surface area contributed by atoms with Gasteiger partial charge in [-0.25, -0.2) is 13.9 Å². The number of carbonyl (C=O) groups is 2. The van der Waals surface area contributed by atoms with Gasteiger partial charge in [-0.3, -0.25) is 4.79 Å². The van der Waals surface area contributed by atoms with Crippen LogP contribution in [0.2, 0.25) is 10.0 Å². The first-order valence-electron chi connectivity index (χ1n) is 11.0. The number of carbonyl (C=O) groups excluding carboxylic acids is 2. The fraction of sp³-hybridized carbons (Fsp3) is 0.320. The van der Waals surface area contributed by atoms with E-state index in [2.05, 4.69) is 15.7 Å². The van der Waals surface area contributed by atoms with Gasteiger partial charge in [0.15, 0.2) is 0 Å². The summed E-state index contributed by atoms with van der Waals surface area (Å²) in [5.41, 5.74) is 1.39. The molecule has 0 fully saturated rings. The van der Waals surface area contributed by atoms with E-state index in [9.17, 15) is 14.0 Å². The first-order chi connectivity index (χ1) is 16.3. The zero-order valence-electron chi connectivity index (χ0n) is 20.2. The zero-order valence-corrected chi connectivity index (χ0v) is 21.7. The Morgan fingerprint density at radius 3 is 2.37 bits per heavy atom. The van der Waals surface area contributed by atoms with Gasteiger partial charge in [-0.05, 0) is 50.2 Å². The van der Waals surface area contributed by atoms with Crippen molar-refractivity contribution >= 4 is 46.6 Å². The summed E-state index contributed by atoms with van der Waals surface area (Å²) in [6.07, 6.45) is 0. The van der Waals surface area contributed by atoms with Gasteiger partial charge in [0.05, 0.1) is 21.4 Å². The van der Waals surface area contributed by atoms with E-state index in [0.717, 1.165) is 5.69 Å². The van der Waals surface area contributed by atoms with Crippen molar-refractivity contribution in [2.24, 2.45) is 0 Å². The molecule has 0 saturated carbocycles. The Labute approximate surface area is 214 Å². The van der Waals surface area contributed by atoms with Crippen LogP contribution in [-0.4, -0.2) is 39.2 Å². The van der Waals surface area contributed by atoms with Gasteiger partial charge in [0.25, 0.3) is 0 Å². The Morgan fingerprint density at radius 2 is 1.77 bits per heavy atom. The molecule has 2 aromatic carbocycles. The molecule has 0 aliphatic rings. The summed E-state index contributed by atoms with van der Waals surface area (Å²) in [6.45, 7) is 9.38. The molecule has 1 heterocycles. The zero-order chi connectivity index (χ0) is 25.9. The molecule has 0 aliphatic heterocycles. The van der Waals surface area contributed by atoms with Gasteiger partial charge in [0.2, 0.25) is 5.91 Å². The predicted molar refractivity (Wildman–Crippen MR) is 138 cm³/mol. The van der Waals surface area contributed by atoms with Gasteiger partial charge < -0.3 is 15.5 Å². The molecule has 3 aromatic rings. The average molecular weight is 520 g/mol. The van der Waals surface area contributed by atoms with E-state index in [-0.39, 0.29) is 18.0 Å². The summed E-state index contributed by atoms with van der Waals surface area (Å²) in [6, 6.07) is 11.6. The topological polar surface area (TPSA) is 79.3 Å². The lowest BCUT2D eigenvalue weighted by atomic mass is 9.92. The average Bonchev–Trinajstić information content (AvgIpc) is 3.18. The summed E-state index contributed by atoms with van der Waals surface area (Å²) < 4.78 is 15.1. The highest BCUT2D eigenvalue weighted by Gasteiger charge is 2.24. The van der Waals surface area contributed by atoms with Crippen LogP contribution in [0, 0.1) is 5.82 Å². The number of nitrogens with zero attached hydrogens (tertiary/aromatic N) is 3. The fourth-order valence-corrected chi connectivity index (χ4v) is 3.53. The number of halogens is 3. The highest BCUT2D eigenvalue weighted by atomic mass is 35.5. The molecule has 2 N–H and O–H groups in total. The van der Waals surface area contributed by atoms with E-state index in [1.165, 1.54) is 23.1 Å². The van der Waals surface area contributed by atoms with Crippen molar-refractivity contribution in [3.63, 3.8) is 0 Å². The van der Waals surface area contributed by atoms with Crippen molar-refractivity contribution < 1.29 is 14.0 Å². The van der Waals surface area contributed by atoms with Gasteiger partial charge in [-0.2, -0.15) is 5.10 Å². The number of hydrogen-bond donors (Lipinski definition) is 2. The second-order valence-corrected chi connectivity index (χ2v) is 10.2. The van der Waals surface area contributed by atoms with Gasteiger partial charge in [-0.1, -0.05) is 50.0 Å². The van der Waals surface area contributed by atoms with Crippen LogP contribution < -0.4 is 10.6 Å². The Hall–Kier alpha value is -3.10. The summed E-state index contributed by atoms with van der Waals surface area (Å²) in [4.78, 5) is 27.2. The minimum atomic E-state index is -0.519. The largest absolute Gasteiger partial charge is 0.322 e. The van der Waals surface area contributed by atoms with E-state index >= 15 is 0 Å². The molecule has 7 nitrogen and oxygen atoms in total. The minimum absolute atomic E-state index is 0.226. The molecule has 186 valence electrons. The number of anilines is 2. The van der Waals surface area contributed by atoms with Crippen molar-refractivity contribution in [1.29, 1.82) is 0 Å². The maximum Gasteiger partial charge on any atom is 0.322 e. The van der Waals surface area contributed by atoms with Crippen LogP contribution in [0.25, 0.3) is 5.69 Å². The predicted octanol–water partition coefficient (Wildman–Crippen LogP) is 6.50. The second-order valence-electron chi connectivity index (χ2n) is 9.39. The molecular formula is C25H28Cl2FN5O2. The van der Waals surface area contributed by atoms with Crippen molar-refractivity contribution in [3.8, 4) is 5.69 Å². The molecule has 10 heteroatoms. The standard InChI is InChI=1S/C25H28Cl2FN5O2/c1-15(2)32(24(35)29-17-8-6-7-16(28)11-17)14-23(34)30-22-13-21(25(3,4)5)31-33(22)18-9-10-19(26)20(27)12-18/h6-13,15H,14H2,1-5H3,(H,29,35)(H,30,34). The highest BCUT2D eigenvalue weighted by molar-refractivity contribution is 6.42. The lowest BCUT2D eigenvalue weighted by Gasteiger charge is -2.26. The first-order valence-corrected chi connectivity index (χ1v) is 11.8. The molecule has 0 radical (unpaired) electrons. The molecule has 3 amide bonds. The van der Waals surface area contributed by atoms with Crippen LogP contribution in [0.3, 0.4) is 0 Å². The van der Waals surface area contributed by atoms with Gasteiger partial charge in [-0.15, -0.1) is 0 Å². The van der Waals surface area contributed by atoms with Crippen molar-refractivity contribution in [2.45, 2.75) is 46.1 Å². The maximum absolute atomic E-state index is 13.5. The Bertz CT molecular complexity index is 1240. The second kappa shape index (κ2) is 10.7. The van der Waals surface area contributed by atoms with Gasteiger partial charge in [0.1, 0.15) is 18.2 Å². The number of hydrogen-bond acceptors (Lipinski definition) is 3. The molecule has 0 saturated heterocycles. The third-order valence-corrected chi connectivity index (χ3v) is 5.91. The molecule has 35 heavy (non-hydrogen) atoms. The molecule has 0 atom stereocenters. The van der Waals surface area contributed by atoms with Gasteiger partial charge >= 0.3 is 6.03 Å². The Balaban J connectivity index is 1.83. The molecule has 0 aliphatic carbocycles. The lowest BCUT2D eigenvalue weighted by molar-refractivity contribution is -0.117. The van der Waals surface area contributed by atoms with Crippen LogP contribution in [0.15, 0.2) is 48.5 Å². The van der Waals surface area contributed by atoms with Crippen LogP contribution >= 0.6 is 23.2 Å². The summed E-state index contributed by atoms with van der Waals surface area (Å²) >= 11 is 12.3. The molecule has 3 rings (SSSR count).